The van der Waals surface area contributed by atoms with Crippen LogP contribution in [0.25, 0.3) is 0 Å². The standard InChI is InChI=1S/C15H21N3O3/c1-3-17-8-4-5-13(17)10-16-15(19)12-6-7-14(18(20)21)11(2)9-12/h6-7,9,13H,3-5,8,10H2,1-2H3,(H,16,19)/p+1/t13-/m0/s1. The first-order chi connectivity index (χ1) is 10.0. The van der Waals surface area contributed by atoms with Gasteiger partial charge in [0.15, 0.2) is 0 Å². The smallest absolute Gasteiger partial charge is 0.272 e. The molecule has 0 aromatic heterocycles. The van der Waals surface area contributed by atoms with Crippen molar-refractivity contribution in [1.29, 1.82) is 0 Å². The van der Waals surface area contributed by atoms with E-state index < -0.39 is 4.92 Å². The van der Waals surface area contributed by atoms with E-state index in [-0.39, 0.29) is 11.6 Å². The number of rotatable bonds is 5. The lowest BCUT2D eigenvalue weighted by Crippen LogP contribution is -3.14. The summed E-state index contributed by atoms with van der Waals surface area (Å²) in [6.45, 7) is 6.73. The molecule has 0 saturated carbocycles. The van der Waals surface area contributed by atoms with Crippen molar-refractivity contribution >= 4 is 11.6 Å². The Bertz CT molecular complexity index is 545. The molecule has 114 valence electrons. The fourth-order valence-electron chi connectivity index (χ4n) is 3.02. The topological polar surface area (TPSA) is 76.7 Å². The number of hydrogen-bond donors (Lipinski definition) is 2. The van der Waals surface area contributed by atoms with Crippen molar-refractivity contribution < 1.29 is 14.6 Å². The summed E-state index contributed by atoms with van der Waals surface area (Å²) in [7, 11) is 0. The number of quaternary nitrogens is 1. The molecule has 6 heteroatoms. The molecule has 0 aliphatic carbocycles. The molecule has 1 fully saturated rings. The Balaban J connectivity index is 1.97. The molecule has 0 bridgehead atoms. The van der Waals surface area contributed by atoms with Gasteiger partial charge in [0.1, 0.15) is 6.04 Å². The van der Waals surface area contributed by atoms with Crippen molar-refractivity contribution in [1.82, 2.24) is 5.32 Å². The first kappa shape index (κ1) is 15.4. The van der Waals surface area contributed by atoms with Crippen LogP contribution in [0.15, 0.2) is 18.2 Å². The zero-order chi connectivity index (χ0) is 15.4. The van der Waals surface area contributed by atoms with E-state index in [0.717, 1.165) is 13.0 Å². The molecule has 1 heterocycles. The Kier molecular flexibility index (Phi) is 4.90. The number of nitro groups is 1. The van der Waals surface area contributed by atoms with Gasteiger partial charge in [0.05, 0.1) is 24.6 Å². The molecule has 0 radical (unpaired) electrons. The Morgan fingerprint density at radius 3 is 2.90 bits per heavy atom. The largest absolute Gasteiger partial charge is 0.346 e. The van der Waals surface area contributed by atoms with Crippen molar-refractivity contribution in [3.05, 3.63) is 39.4 Å². The maximum Gasteiger partial charge on any atom is 0.272 e. The molecular formula is C15H22N3O3+. The summed E-state index contributed by atoms with van der Waals surface area (Å²) >= 11 is 0. The van der Waals surface area contributed by atoms with Crippen LogP contribution in [0, 0.1) is 17.0 Å². The zero-order valence-electron chi connectivity index (χ0n) is 12.5. The second kappa shape index (κ2) is 6.67. The van der Waals surface area contributed by atoms with Gasteiger partial charge in [-0.3, -0.25) is 14.9 Å². The van der Waals surface area contributed by atoms with E-state index >= 15 is 0 Å². The summed E-state index contributed by atoms with van der Waals surface area (Å²) in [6, 6.07) is 4.97. The number of likely N-dealkylation sites (tertiary alicyclic amines) is 1. The third-order valence-electron chi connectivity index (χ3n) is 4.25. The molecule has 1 amide bonds. The molecule has 1 aliphatic rings. The van der Waals surface area contributed by atoms with Crippen molar-refractivity contribution in [3.8, 4) is 0 Å². The maximum atomic E-state index is 12.1. The van der Waals surface area contributed by atoms with Gasteiger partial charge in [0.25, 0.3) is 11.6 Å². The normalized spacial score (nSPS) is 21.2. The zero-order valence-corrected chi connectivity index (χ0v) is 12.5. The van der Waals surface area contributed by atoms with Gasteiger partial charge in [-0.1, -0.05) is 0 Å². The van der Waals surface area contributed by atoms with Crippen LogP contribution in [-0.2, 0) is 0 Å². The molecule has 1 aromatic carbocycles. The van der Waals surface area contributed by atoms with Gasteiger partial charge >= 0.3 is 0 Å². The fourth-order valence-corrected chi connectivity index (χ4v) is 3.02. The number of benzene rings is 1. The maximum absolute atomic E-state index is 12.1. The van der Waals surface area contributed by atoms with E-state index in [1.807, 2.05) is 0 Å². The van der Waals surface area contributed by atoms with Crippen LogP contribution in [-0.4, -0.2) is 36.5 Å². The predicted octanol–water partition coefficient (Wildman–Crippen LogP) is 0.700. The summed E-state index contributed by atoms with van der Waals surface area (Å²) in [5, 5.41) is 13.7. The SMILES string of the molecule is CC[NH+]1CCC[C@H]1CNC(=O)c1ccc([N+](=O)[O-])c(C)c1. The van der Waals surface area contributed by atoms with Crippen molar-refractivity contribution in [2.45, 2.75) is 32.7 Å². The lowest BCUT2D eigenvalue weighted by Gasteiger charge is -2.20. The molecule has 21 heavy (non-hydrogen) atoms. The molecule has 6 nitrogen and oxygen atoms in total. The van der Waals surface area contributed by atoms with Gasteiger partial charge in [0, 0.05) is 30.0 Å². The minimum absolute atomic E-state index is 0.0453. The van der Waals surface area contributed by atoms with Gasteiger partial charge in [-0.15, -0.1) is 0 Å². The van der Waals surface area contributed by atoms with E-state index in [4.69, 9.17) is 0 Å². The van der Waals surface area contributed by atoms with E-state index in [0.29, 0.717) is 23.7 Å². The molecule has 1 aromatic rings. The highest BCUT2D eigenvalue weighted by molar-refractivity contribution is 5.94. The highest BCUT2D eigenvalue weighted by Crippen LogP contribution is 2.18. The van der Waals surface area contributed by atoms with E-state index in [1.165, 1.54) is 30.0 Å². The number of carbonyl (C=O) groups is 1. The molecule has 0 spiro atoms. The van der Waals surface area contributed by atoms with Crippen LogP contribution in [0.5, 0.6) is 0 Å². The summed E-state index contributed by atoms with van der Waals surface area (Å²) in [5.74, 6) is -0.157. The highest BCUT2D eigenvalue weighted by atomic mass is 16.6. The van der Waals surface area contributed by atoms with Gasteiger partial charge in [-0.2, -0.15) is 0 Å². The molecule has 1 saturated heterocycles. The van der Waals surface area contributed by atoms with Gasteiger partial charge in [-0.05, 0) is 26.0 Å². The first-order valence-corrected chi connectivity index (χ1v) is 7.40. The summed E-state index contributed by atoms with van der Waals surface area (Å²) in [4.78, 5) is 24.0. The third kappa shape index (κ3) is 3.58. The number of hydrogen-bond acceptors (Lipinski definition) is 3. The van der Waals surface area contributed by atoms with Crippen LogP contribution in [0.2, 0.25) is 0 Å². The fraction of sp³-hybridized carbons (Fsp3) is 0.533. The van der Waals surface area contributed by atoms with Crippen molar-refractivity contribution in [3.63, 3.8) is 0 Å². The van der Waals surface area contributed by atoms with Crippen LogP contribution >= 0.6 is 0 Å². The Hall–Kier alpha value is -1.95. The Morgan fingerprint density at radius 1 is 1.52 bits per heavy atom. The minimum Gasteiger partial charge on any atom is -0.346 e. The highest BCUT2D eigenvalue weighted by Gasteiger charge is 2.27. The third-order valence-corrected chi connectivity index (χ3v) is 4.25. The van der Waals surface area contributed by atoms with E-state index in [9.17, 15) is 14.9 Å². The van der Waals surface area contributed by atoms with Crippen molar-refractivity contribution in [2.75, 3.05) is 19.6 Å². The number of aryl methyl sites for hydroxylation is 1. The van der Waals surface area contributed by atoms with Crippen LogP contribution < -0.4 is 10.2 Å². The Labute approximate surface area is 124 Å². The predicted molar refractivity (Wildman–Crippen MR) is 79.6 cm³/mol. The second-order valence-electron chi connectivity index (χ2n) is 5.57. The molecule has 2 atom stereocenters. The summed E-state index contributed by atoms with van der Waals surface area (Å²) in [5.41, 5.74) is 1.03. The molecule has 1 unspecified atom stereocenters. The number of carbonyl (C=O) groups excluding carboxylic acids is 1. The quantitative estimate of drug-likeness (QED) is 0.619. The first-order valence-electron chi connectivity index (χ1n) is 7.40. The van der Waals surface area contributed by atoms with Gasteiger partial charge in [0.2, 0.25) is 0 Å². The number of nitrogens with one attached hydrogen (secondary N) is 2. The number of nitro benzene ring substituents is 1. The average molecular weight is 292 g/mol. The number of amides is 1. The molecule has 1 aliphatic heterocycles. The van der Waals surface area contributed by atoms with Crippen LogP contribution in [0.4, 0.5) is 5.69 Å². The number of nitrogens with zero attached hydrogens (tertiary/aromatic N) is 1. The molecule has 2 rings (SSSR count). The number of likely N-dealkylation sites (N-methyl/N-ethyl adjacent to an activating group) is 1. The lowest BCUT2D eigenvalue weighted by molar-refractivity contribution is -0.909. The van der Waals surface area contributed by atoms with Crippen LogP contribution in [0.3, 0.4) is 0 Å². The van der Waals surface area contributed by atoms with Crippen LogP contribution in [0.1, 0.15) is 35.7 Å². The molecule has 2 N–H and O–H groups in total. The average Bonchev–Trinajstić information content (AvgIpc) is 2.91. The monoisotopic (exact) mass is 292 g/mol. The minimum atomic E-state index is -0.433. The van der Waals surface area contributed by atoms with Gasteiger partial charge < -0.3 is 10.2 Å². The van der Waals surface area contributed by atoms with E-state index in [2.05, 4.69) is 12.2 Å². The van der Waals surface area contributed by atoms with Crippen molar-refractivity contribution in [2.24, 2.45) is 0 Å². The Morgan fingerprint density at radius 2 is 2.29 bits per heavy atom. The summed E-state index contributed by atoms with van der Waals surface area (Å²) < 4.78 is 0. The van der Waals surface area contributed by atoms with Gasteiger partial charge in [-0.25, -0.2) is 0 Å². The summed E-state index contributed by atoms with van der Waals surface area (Å²) in [6.07, 6.45) is 2.35. The second-order valence-corrected chi connectivity index (χ2v) is 5.57. The van der Waals surface area contributed by atoms with E-state index in [1.54, 1.807) is 13.0 Å². The lowest BCUT2D eigenvalue weighted by atomic mass is 10.1. The molecular weight excluding hydrogens is 270 g/mol.